The van der Waals surface area contributed by atoms with Crippen LogP contribution in [0, 0.1) is 0 Å². The number of nitrogens with zero attached hydrogens (tertiary/aromatic N) is 1. The zero-order chi connectivity index (χ0) is 15.6. The summed E-state index contributed by atoms with van der Waals surface area (Å²) < 4.78 is 5.46. The minimum atomic E-state index is -0.834. The number of carbonyl (C=O) groups is 2. The number of para-hydroxylation sites is 1. The standard InChI is InChI=1S/C15H13NO5/c1-9(17)11-8-12(15(20)21-2)14(19)16(13(11)18)10-6-4-3-5-7-10/h3-8,19H,1-2H3. The molecule has 0 radical (unpaired) electrons. The second-order valence-electron chi connectivity index (χ2n) is 4.32. The molecule has 6 nitrogen and oxygen atoms in total. The summed E-state index contributed by atoms with van der Waals surface area (Å²) in [6, 6.07) is 9.27. The molecule has 0 unspecified atom stereocenters. The lowest BCUT2D eigenvalue weighted by Gasteiger charge is -2.13. The van der Waals surface area contributed by atoms with Crippen LogP contribution >= 0.6 is 0 Å². The topological polar surface area (TPSA) is 85.6 Å². The molecule has 0 saturated carbocycles. The van der Waals surface area contributed by atoms with E-state index >= 15 is 0 Å². The number of pyridine rings is 1. The van der Waals surface area contributed by atoms with E-state index in [1.54, 1.807) is 30.3 Å². The van der Waals surface area contributed by atoms with Crippen molar-refractivity contribution in [2.45, 2.75) is 6.92 Å². The van der Waals surface area contributed by atoms with Crippen LogP contribution in [-0.2, 0) is 4.74 Å². The molecule has 1 aromatic carbocycles. The van der Waals surface area contributed by atoms with Gasteiger partial charge in [0, 0.05) is 0 Å². The predicted octanol–water partition coefficient (Wildman–Crippen LogP) is 1.53. The lowest BCUT2D eigenvalue weighted by molar-refractivity contribution is 0.0596. The van der Waals surface area contributed by atoms with Crippen molar-refractivity contribution in [2.24, 2.45) is 0 Å². The van der Waals surface area contributed by atoms with E-state index in [0.29, 0.717) is 5.69 Å². The Morgan fingerprint density at radius 2 is 1.76 bits per heavy atom. The van der Waals surface area contributed by atoms with Gasteiger partial charge in [0.2, 0.25) is 5.88 Å². The molecule has 21 heavy (non-hydrogen) atoms. The first kappa shape index (κ1) is 14.5. The highest BCUT2D eigenvalue weighted by Gasteiger charge is 2.22. The Labute approximate surface area is 120 Å². The van der Waals surface area contributed by atoms with Gasteiger partial charge in [0.1, 0.15) is 5.56 Å². The number of rotatable bonds is 3. The van der Waals surface area contributed by atoms with Crippen LogP contribution in [0.15, 0.2) is 41.2 Å². The summed E-state index contributed by atoms with van der Waals surface area (Å²) in [5.74, 6) is -1.91. The number of hydrogen-bond donors (Lipinski definition) is 1. The first-order valence-corrected chi connectivity index (χ1v) is 6.11. The van der Waals surface area contributed by atoms with Gasteiger partial charge in [-0.15, -0.1) is 0 Å². The maximum atomic E-state index is 12.3. The van der Waals surface area contributed by atoms with Crippen molar-refractivity contribution in [3.05, 3.63) is 57.9 Å². The number of ether oxygens (including phenoxy) is 1. The van der Waals surface area contributed by atoms with Crippen LogP contribution in [0.25, 0.3) is 5.69 Å². The first-order valence-electron chi connectivity index (χ1n) is 6.11. The fraction of sp³-hybridized carbons (Fsp3) is 0.133. The van der Waals surface area contributed by atoms with Gasteiger partial charge in [-0.2, -0.15) is 0 Å². The van der Waals surface area contributed by atoms with Crippen molar-refractivity contribution in [1.29, 1.82) is 0 Å². The second-order valence-corrected chi connectivity index (χ2v) is 4.32. The molecular weight excluding hydrogens is 274 g/mol. The second kappa shape index (κ2) is 5.62. The lowest BCUT2D eigenvalue weighted by atomic mass is 10.1. The van der Waals surface area contributed by atoms with E-state index in [2.05, 4.69) is 4.74 Å². The largest absolute Gasteiger partial charge is 0.494 e. The molecule has 0 aliphatic carbocycles. The van der Waals surface area contributed by atoms with E-state index in [1.807, 2.05) is 0 Å². The van der Waals surface area contributed by atoms with Crippen molar-refractivity contribution in [3.63, 3.8) is 0 Å². The number of Topliss-reactive ketones (excluding diaryl/α,β-unsaturated/α-hetero) is 1. The molecule has 0 fully saturated rings. The zero-order valence-electron chi connectivity index (χ0n) is 11.5. The summed E-state index contributed by atoms with van der Waals surface area (Å²) in [5, 5.41) is 10.2. The monoisotopic (exact) mass is 287 g/mol. The van der Waals surface area contributed by atoms with Crippen LogP contribution in [0.4, 0.5) is 0 Å². The van der Waals surface area contributed by atoms with Crippen LogP contribution < -0.4 is 5.56 Å². The number of aromatic nitrogens is 1. The van der Waals surface area contributed by atoms with Crippen LogP contribution in [0.5, 0.6) is 5.88 Å². The van der Waals surface area contributed by atoms with Crippen molar-refractivity contribution < 1.29 is 19.4 Å². The van der Waals surface area contributed by atoms with Gasteiger partial charge in [0.05, 0.1) is 18.4 Å². The summed E-state index contributed by atoms with van der Waals surface area (Å²) in [5.41, 5.74) is -0.796. The molecule has 0 aliphatic heterocycles. The van der Waals surface area contributed by atoms with Gasteiger partial charge in [-0.3, -0.25) is 9.59 Å². The highest BCUT2D eigenvalue weighted by atomic mass is 16.5. The average molecular weight is 287 g/mol. The normalized spacial score (nSPS) is 10.2. The quantitative estimate of drug-likeness (QED) is 0.683. The number of aromatic hydroxyl groups is 1. The van der Waals surface area contributed by atoms with E-state index < -0.39 is 23.2 Å². The zero-order valence-corrected chi connectivity index (χ0v) is 11.5. The maximum Gasteiger partial charge on any atom is 0.343 e. The van der Waals surface area contributed by atoms with E-state index in [1.165, 1.54) is 6.92 Å². The number of methoxy groups -OCH3 is 1. The number of hydrogen-bond acceptors (Lipinski definition) is 5. The Morgan fingerprint density at radius 1 is 1.14 bits per heavy atom. The predicted molar refractivity (Wildman–Crippen MR) is 75.0 cm³/mol. The highest BCUT2D eigenvalue weighted by Crippen LogP contribution is 2.21. The fourth-order valence-electron chi connectivity index (χ4n) is 1.94. The van der Waals surface area contributed by atoms with Gasteiger partial charge in [0.25, 0.3) is 5.56 Å². The molecule has 1 aromatic heterocycles. The van der Waals surface area contributed by atoms with E-state index in [-0.39, 0.29) is 11.1 Å². The third-order valence-electron chi connectivity index (χ3n) is 2.97. The highest BCUT2D eigenvalue weighted by molar-refractivity contribution is 5.98. The van der Waals surface area contributed by atoms with E-state index in [4.69, 9.17) is 0 Å². The van der Waals surface area contributed by atoms with Gasteiger partial charge in [-0.05, 0) is 25.1 Å². The Morgan fingerprint density at radius 3 is 2.29 bits per heavy atom. The Kier molecular flexibility index (Phi) is 3.89. The van der Waals surface area contributed by atoms with Crippen LogP contribution in [0.1, 0.15) is 27.6 Å². The molecule has 1 N–H and O–H groups in total. The molecule has 2 rings (SSSR count). The smallest absolute Gasteiger partial charge is 0.343 e. The molecule has 6 heteroatoms. The third kappa shape index (κ3) is 2.55. The molecule has 1 heterocycles. The molecule has 0 amide bonds. The molecule has 0 saturated heterocycles. The van der Waals surface area contributed by atoms with Crippen molar-refractivity contribution in [3.8, 4) is 11.6 Å². The van der Waals surface area contributed by atoms with Crippen LogP contribution in [-0.4, -0.2) is 28.5 Å². The summed E-state index contributed by atoms with van der Waals surface area (Å²) in [7, 11) is 1.15. The van der Waals surface area contributed by atoms with Gasteiger partial charge in [0.15, 0.2) is 5.78 Å². The number of benzene rings is 1. The average Bonchev–Trinajstić information content (AvgIpc) is 2.47. The summed E-state index contributed by atoms with van der Waals surface area (Å²) in [4.78, 5) is 35.6. The van der Waals surface area contributed by atoms with Gasteiger partial charge in [-0.25, -0.2) is 9.36 Å². The summed E-state index contributed by atoms with van der Waals surface area (Å²) in [6.07, 6.45) is 0. The molecule has 0 aliphatic rings. The van der Waals surface area contributed by atoms with Gasteiger partial charge in [-0.1, -0.05) is 18.2 Å². The molecule has 2 aromatic rings. The van der Waals surface area contributed by atoms with Crippen molar-refractivity contribution >= 4 is 11.8 Å². The Bertz CT molecular complexity index is 762. The molecule has 0 bridgehead atoms. The van der Waals surface area contributed by atoms with Crippen molar-refractivity contribution in [2.75, 3.05) is 7.11 Å². The van der Waals surface area contributed by atoms with E-state index in [0.717, 1.165) is 17.7 Å². The molecule has 108 valence electrons. The van der Waals surface area contributed by atoms with E-state index in [9.17, 15) is 19.5 Å². The van der Waals surface area contributed by atoms with Crippen LogP contribution in [0.3, 0.4) is 0 Å². The van der Waals surface area contributed by atoms with Crippen molar-refractivity contribution in [1.82, 2.24) is 4.57 Å². The Balaban J connectivity index is 2.86. The summed E-state index contributed by atoms with van der Waals surface area (Å²) >= 11 is 0. The SMILES string of the molecule is COC(=O)c1cc(C(C)=O)c(=O)n(-c2ccccc2)c1O. The minimum absolute atomic E-state index is 0.197. The Hall–Kier alpha value is -2.89. The summed E-state index contributed by atoms with van der Waals surface area (Å²) in [6.45, 7) is 1.21. The number of ketones is 1. The lowest BCUT2D eigenvalue weighted by Crippen LogP contribution is -2.26. The maximum absolute atomic E-state index is 12.3. The van der Waals surface area contributed by atoms with Crippen LogP contribution in [0.2, 0.25) is 0 Å². The molecular formula is C15H13NO5. The number of carbonyl (C=O) groups excluding carboxylic acids is 2. The first-order chi connectivity index (χ1) is 9.97. The van der Waals surface area contributed by atoms with Gasteiger partial charge >= 0.3 is 5.97 Å². The minimum Gasteiger partial charge on any atom is -0.494 e. The number of esters is 1. The molecule has 0 spiro atoms. The van der Waals surface area contributed by atoms with Gasteiger partial charge < -0.3 is 9.84 Å². The third-order valence-corrected chi connectivity index (χ3v) is 2.97. The molecule has 0 atom stereocenters. The fourth-order valence-corrected chi connectivity index (χ4v) is 1.94.